The van der Waals surface area contributed by atoms with Gasteiger partial charge in [-0.05, 0) is 175 Å². The number of esters is 1. The van der Waals surface area contributed by atoms with E-state index in [4.69, 9.17) is 4.74 Å². The lowest BCUT2D eigenvalue weighted by atomic mass is 10.1. The summed E-state index contributed by atoms with van der Waals surface area (Å²) < 4.78 is 20.4. The van der Waals surface area contributed by atoms with Gasteiger partial charge in [0.2, 0.25) is 0 Å². The van der Waals surface area contributed by atoms with Gasteiger partial charge in [-0.2, -0.15) is 0 Å². The summed E-state index contributed by atoms with van der Waals surface area (Å²) in [5.41, 5.74) is 10.2. The molecular formula is C91H95FN24O10. The lowest BCUT2D eigenvalue weighted by Gasteiger charge is -2.14. The van der Waals surface area contributed by atoms with Crippen molar-refractivity contribution in [3.63, 3.8) is 0 Å². The molecule has 35 heteroatoms. The first kappa shape index (κ1) is 91.4. The number of carbonyl (C=O) groups is 9. The number of para-hydroxylation sites is 3. The largest absolute Gasteiger partial charge is 0.465 e. The first-order valence-corrected chi connectivity index (χ1v) is 39.7. The fourth-order valence-electron chi connectivity index (χ4n) is 11.8. The molecule has 34 nitrogen and oxygen atoms in total. The Kier molecular flexibility index (Phi) is 33.4. The molecule has 0 bridgehead atoms. The van der Waals surface area contributed by atoms with E-state index in [0.717, 1.165) is 33.8 Å². The van der Waals surface area contributed by atoms with Crippen LogP contribution >= 0.6 is 0 Å². The van der Waals surface area contributed by atoms with E-state index in [1.165, 1.54) is 50.2 Å². The number of aromatic nitrogens is 7. The second-order valence-electron chi connectivity index (χ2n) is 27.5. The number of hydrogen-bond donors (Lipinski definition) is 17. The van der Waals surface area contributed by atoms with Crippen LogP contribution in [-0.2, 0) is 11.8 Å². The van der Waals surface area contributed by atoms with Crippen molar-refractivity contribution in [2.75, 3.05) is 102 Å². The fraction of sp³-hybridized carbons (Fsp3) is 0.154. The Hall–Kier alpha value is -16.9. The Balaban J connectivity index is 0.000000175. The fourth-order valence-corrected chi connectivity index (χ4v) is 11.8. The lowest BCUT2D eigenvalue weighted by molar-refractivity contribution is 0.0600. The zero-order valence-corrected chi connectivity index (χ0v) is 70.2. The van der Waals surface area contributed by atoms with E-state index in [1.807, 2.05) is 161 Å². The number of hydrogen-bond acceptors (Lipinski definition) is 21. The smallest absolute Gasteiger partial charge is 0.337 e. The Labute approximate surface area is 725 Å². The van der Waals surface area contributed by atoms with Crippen molar-refractivity contribution >= 4 is 162 Å². The maximum Gasteiger partial charge on any atom is 0.337 e. The van der Waals surface area contributed by atoms with Crippen molar-refractivity contribution in [2.24, 2.45) is 7.05 Å². The number of aryl methyl sites for hydroxylation is 2. The minimum atomic E-state index is -0.463. The van der Waals surface area contributed by atoms with Crippen molar-refractivity contribution in [2.45, 2.75) is 54.5 Å². The molecule has 13 rings (SSSR count). The number of methoxy groups -OCH3 is 1. The molecule has 7 aromatic heterocycles. The summed E-state index contributed by atoms with van der Waals surface area (Å²) in [7, 11) is 3.27. The molecule has 6 aromatic carbocycles. The molecule has 7 heterocycles. The van der Waals surface area contributed by atoms with Crippen LogP contribution in [0.15, 0.2) is 256 Å². The van der Waals surface area contributed by atoms with Crippen LogP contribution in [-0.4, -0.2) is 128 Å². The molecule has 0 aliphatic heterocycles. The summed E-state index contributed by atoms with van der Waals surface area (Å²) in [6, 6.07) is 58.8. The number of ether oxygens (including phenoxy) is 1. The number of nitrogens with one attached hydrogen (secondary N) is 17. The summed E-state index contributed by atoms with van der Waals surface area (Å²) in [6.45, 7) is 14.9. The average molecular weight is 1700 g/mol. The predicted octanol–water partition coefficient (Wildman–Crippen LogP) is 17.2. The molecule has 0 saturated heterocycles. The van der Waals surface area contributed by atoms with Gasteiger partial charge < -0.3 is 78.4 Å². The van der Waals surface area contributed by atoms with Gasteiger partial charge in [-0.1, -0.05) is 60.7 Å². The summed E-state index contributed by atoms with van der Waals surface area (Å²) in [5, 5.41) is 49.3. The average Bonchev–Trinajstić information content (AvgIpc) is 1.47. The van der Waals surface area contributed by atoms with Crippen LogP contribution in [0.1, 0.15) is 98.9 Å². The van der Waals surface area contributed by atoms with Crippen LogP contribution in [0.4, 0.5) is 121 Å². The normalized spacial score (nSPS) is 10.3. The Morgan fingerprint density at radius 1 is 0.373 bits per heavy atom. The van der Waals surface area contributed by atoms with E-state index in [9.17, 15) is 47.5 Å². The van der Waals surface area contributed by atoms with Gasteiger partial charge in [-0.3, -0.25) is 45.4 Å². The standard InChI is InChI=1S/C24H24N6O2.C23H27N7O2.C22H22FN5O2.C22H22N6O4/c1-3-25-24(32)29-22-14-20(27-16-8-5-4-6-9-16)18(15-26-22)23(31)28-19-10-7-11-21-17(19)12-13-30(21)2;1-4-24-23(32)30-21-12-19(28-16-8-6-5-7-9-16)18(14-26-21)22(31)29-17-10-11-20(25-13-17)27-15(2)3;1-3-24-22(30)28-20-12-19(26-16-7-5-4-6-8-16)18(13-25-20)21(29)27-17-10-14(2)9-15(23)11-17;1-3-24-22(31)28-19-11-18(26-15-8-6-14(7-9-15)21(30)32-2)17(13-25-19)20(29)27-16-5-4-10-23-12-16/h4-15H,3H2,1-2H3,(H,28,31)(H3,25,26,27,29,32);5-15H,4H2,1-3H3,(H,25,27)(H,29,31)(H3,24,26,28,30,32);4-13H,3H2,1-2H3,(H,27,29)(H3,24,25,26,28,30);4-13H,3H2,1-2H3,(H,27,29)(H3,24,25,26,28,31). The third kappa shape index (κ3) is 27.9. The summed E-state index contributed by atoms with van der Waals surface area (Å²) in [6.07, 6.45) is 12.3. The molecular weight excluding hydrogens is 1610 g/mol. The van der Waals surface area contributed by atoms with Crippen molar-refractivity contribution in [1.29, 1.82) is 0 Å². The van der Waals surface area contributed by atoms with Crippen LogP contribution in [0, 0.1) is 12.7 Å². The highest BCUT2D eigenvalue weighted by Crippen LogP contribution is 2.32. The number of amides is 12. The first-order valence-electron chi connectivity index (χ1n) is 39.7. The second-order valence-corrected chi connectivity index (χ2v) is 27.5. The number of urea groups is 4. The number of pyridine rings is 6. The number of benzene rings is 6. The van der Waals surface area contributed by atoms with E-state index < -0.39 is 35.7 Å². The van der Waals surface area contributed by atoms with Gasteiger partial charge in [0, 0.05) is 140 Å². The van der Waals surface area contributed by atoms with E-state index >= 15 is 0 Å². The molecule has 0 aliphatic rings. The number of halogens is 1. The molecule has 0 aliphatic carbocycles. The first-order chi connectivity index (χ1) is 60.9. The quantitative estimate of drug-likeness (QED) is 0.0213. The summed E-state index contributed by atoms with van der Waals surface area (Å²) in [4.78, 5) is 136. The Morgan fingerprint density at radius 3 is 1.13 bits per heavy atom. The molecule has 0 fully saturated rings. The monoisotopic (exact) mass is 1700 g/mol. The van der Waals surface area contributed by atoms with Crippen LogP contribution in [0.2, 0.25) is 0 Å². The van der Waals surface area contributed by atoms with Gasteiger partial charge in [0.15, 0.2) is 0 Å². The third-order valence-electron chi connectivity index (χ3n) is 17.5. The molecule has 0 radical (unpaired) electrons. The van der Waals surface area contributed by atoms with Crippen molar-refractivity contribution < 1.29 is 52.3 Å². The highest BCUT2D eigenvalue weighted by atomic mass is 19.1. The minimum Gasteiger partial charge on any atom is -0.465 e. The van der Waals surface area contributed by atoms with Crippen molar-refractivity contribution in [3.05, 3.63) is 295 Å². The molecule has 646 valence electrons. The number of nitrogens with zero attached hydrogens (tertiary/aromatic N) is 7. The van der Waals surface area contributed by atoms with E-state index in [-0.39, 0.29) is 52.7 Å². The number of rotatable bonds is 27. The van der Waals surface area contributed by atoms with Gasteiger partial charge in [0.25, 0.3) is 23.6 Å². The van der Waals surface area contributed by atoms with Crippen molar-refractivity contribution in [3.8, 4) is 0 Å². The number of fused-ring (bicyclic) bond motifs is 1. The highest BCUT2D eigenvalue weighted by molar-refractivity contribution is 6.13. The van der Waals surface area contributed by atoms with Crippen LogP contribution < -0.4 is 90.4 Å². The van der Waals surface area contributed by atoms with E-state index in [2.05, 4.69) is 120 Å². The number of anilines is 17. The molecule has 0 atom stereocenters. The minimum absolute atomic E-state index is 0.238. The highest BCUT2D eigenvalue weighted by Gasteiger charge is 2.22. The van der Waals surface area contributed by atoms with Crippen LogP contribution in [0.3, 0.4) is 0 Å². The van der Waals surface area contributed by atoms with Crippen LogP contribution in [0.5, 0.6) is 0 Å². The zero-order valence-electron chi connectivity index (χ0n) is 70.2. The molecule has 0 unspecified atom stereocenters. The van der Waals surface area contributed by atoms with Crippen LogP contribution in [0.25, 0.3) is 10.9 Å². The molecule has 0 spiro atoms. The third-order valence-corrected chi connectivity index (χ3v) is 17.5. The lowest BCUT2D eigenvalue weighted by Crippen LogP contribution is -2.28. The Bertz CT molecular complexity index is 5900. The summed E-state index contributed by atoms with van der Waals surface area (Å²) in [5.74, 6) is -0.527. The van der Waals surface area contributed by atoms with Gasteiger partial charge in [-0.25, -0.2) is 53.3 Å². The van der Waals surface area contributed by atoms with Crippen molar-refractivity contribution in [1.82, 2.24) is 55.7 Å². The van der Waals surface area contributed by atoms with E-state index in [0.29, 0.717) is 111 Å². The number of carbonyl (C=O) groups excluding carboxylic acids is 9. The molecule has 13 aromatic rings. The van der Waals surface area contributed by atoms with Gasteiger partial charge in [0.05, 0.1) is 87.1 Å². The van der Waals surface area contributed by atoms with E-state index in [1.54, 1.807) is 112 Å². The van der Waals surface area contributed by atoms with Gasteiger partial charge in [0.1, 0.15) is 34.9 Å². The molecule has 0 saturated carbocycles. The maximum absolute atomic E-state index is 13.7. The van der Waals surface area contributed by atoms with Gasteiger partial charge in [-0.15, -0.1) is 0 Å². The SMILES string of the molecule is CCNC(=O)Nc1cc(Nc2ccc(C(=O)OC)cc2)c(C(=O)Nc2cccnc2)cn1.CCNC(=O)Nc1cc(Nc2ccccc2)c(C(=O)Nc2cc(C)cc(F)c2)cn1.CCNC(=O)Nc1cc(Nc2ccccc2)c(C(=O)Nc2ccc(NC(C)C)nc2)cn1.CCNC(=O)Nc1cc(Nc2ccccc2)c(C(=O)Nc2cccc3c2ccn3C)cn1. The topological polar surface area (TPSA) is 450 Å². The second kappa shape index (κ2) is 46.1. The predicted molar refractivity (Wildman–Crippen MR) is 491 cm³/mol. The molecule has 12 amide bonds. The summed E-state index contributed by atoms with van der Waals surface area (Å²) >= 11 is 0. The Morgan fingerprint density at radius 2 is 0.754 bits per heavy atom. The zero-order chi connectivity index (χ0) is 89.9. The molecule has 126 heavy (non-hydrogen) atoms. The molecule has 17 N–H and O–H groups in total. The maximum atomic E-state index is 13.7. The van der Waals surface area contributed by atoms with Gasteiger partial charge >= 0.3 is 30.1 Å².